The highest BCUT2D eigenvalue weighted by molar-refractivity contribution is 6.21. The molecule has 0 radical (unpaired) electrons. The van der Waals surface area contributed by atoms with Crippen molar-refractivity contribution in [2.45, 2.75) is 45.4 Å². The highest BCUT2D eigenvalue weighted by atomic mass is 35.5. The fourth-order valence-corrected chi connectivity index (χ4v) is 1.79. The van der Waals surface area contributed by atoms with Crippen molar-refractivity contribution < 1.29 is 8.78 Å². The van der Waals surface area contributed by atoms with E-state index < -0.39 is 0 Å². The summed E-state index contributed by atoms with van der Waals surface area (Å²) in [4.78, 5) is 0. The highest BCUT2D eigenvalue weighted by Crippen LogP contribution is 2.28. The van der Waals surface area contributed by atoms with Crippen LogP contribution in [-0.2, 0) is 6.42 Å². The van der Waals surface area contributed by atoms with Gasteiger partial charge < -0.3 is 0 Å². The fourth-order valence-electron chi connectivity index (χ4n) is 1.64. The molecule has 0 bridgehead atoms. The Hall–Kier alpha value is -0.630. The molecule has 0 spiro atoms. The average molecular weight is 261 g/mol. The predicted octanol–water partition coefficient (Wildman–Crippen LogP) is 4.94. The summed E-state index contributed by atoms with van der Waals surface area (Å²) in [6.45, 7) is 6.23. The first kappa shape index (κ1) is 14.4. The van der Waals surface area contributed by atoms with Crippen molar-refractivity contribution in [2.75, 3.05) is 0 Å². The molecule has 1 rings (SSSR count). The minimum absolute atomic E-state index is 0.0437. The monoisotopic (exact) mass is 260 g/mol. The highest BCUT2D eigenvalue weighted by Gasteiger charge is 2.21. The van der Waals surface area contributed by atoms with E-state index in [1.807, 2.05) is 0 Å². The Kier molecular flexibility index (Phi) is 4.93. The Balaban J connectivity index is 2.49. The van der Waals surface area contributed by atoms with Gasteiger partial charge in [0.2, 0.25) is 0 Å². The van der Waals surface area contributed by atoms with Gasteiger partial charge in [0.05, 0.1) is 0 Å². The van der Waals surface area contributed by atoms with Gasteiger partial charge in [-0.2, -0.15) is 0 Å². The van der Waals surface area contributed by atoms with Gasteiger partial charge in [-0.3, -0.25) is 0 Å². The summed E-state index contributed by atoms with van der Waals surface area (Å²) in [7, 11) is 0. The largest absolute Gasteiger partial charge is 0.207 e. The summed E-state index contributed by atoms with van der Waals surface area (Å²) in [5, 5.41) is 0.0547. The van der Waals surface area contributed by atoms with Crippen molar-refractivity contribution >= 4 is 11.6 Å². The van der Waals surface area contributed by atoms with Gasteiger partial charge in [-0.1, -0.05) is 20.8 Å². The number of benzene rings is 1. The molecule has 0 saturated heterocycles. The van der Waals surface area contributed by atoms with Crippen LogP contribution >= 0.6 is 11.6 Å². The van der Waals surface area contributed by atoms with Crippen molar-refractivity contribution in [3.63, 3.8) is 0 Å². The number of hydrogen-bond donors (Lipinski definition) is 0. The second kappa shape index (κ2) is 5.81. The quantitative estimate of drug-likeness (QED) is 0.673. The van der Waals surface area contributed by atoms with Gasteiger partial charge in [-0.15, -0.1) is 11.6 Å². The van der Waals surface area contributed by atoms with E-state index in [4.69, 9.17) is 11.6 Å². The zero-order valence-electron chi connectivity index (χ0n) is 10.6. The van der Waals surface area contributed by atoms with Crippen molar-refractivity contribution in [1.82, 2.24) is 0 Å². The van der Waals surface area contributed by atoms with E-state index in [-0.39, 0.29) is 22.4 Å². The maximum absolute atomic E-state index is 13.3. The molecule has 0 heterocycles. The third-order valence-electron chi connectivity index (χ3n) is 2.85. The number of hydrogen-bond acceptors (Lipinski definition) is 0. The molecule has 1 aromatic rings. The lowest BCUT2D eigenvalue weighted by Crippen LogP contribution is -2.20. The first-order valence-electron chi connectivity index (χ1n) is 5.88. The van der Waals surface area contributed by atoms with E-state index in [1.54, 1.807) is 0 Å². The zero-order chi connectivity index (χ0) is 13.1. The van der Waals surface area contributed by atoms with Gasteiger partial charge in [0.15, 0.2) is 0 Å². The van der Waals surface area contributed by atoms with Crippen molar-refractivity contribution in [1.29, 1.82) is 0 Å². The molecule has 0 aliphatic rings. The Morgan fingerprint density at radius 3 is 2.47 bits per heavy atom. The lowest BCUT2D eigenvalue weighted by molar-refractivity contribution is 0.368. The molecule has 0 nitrogen and oxygen atoms in total. The number of halogens is 3. The van der Waals surface area contributed by atoms with Gasteiger partial charge in [-0.05, 0) is 48.4 Å². The van der Waals surface area contributed by atoms with Gasteiger partial charge in [0.1, 0.15) is 11.6 Å². The minimum Gasteiger partial charge on any atom is -0.207 e. The summed E-state index contributed by atoms with van der Waals surface area (Å²) < 4.78 is 26.3. The molecule has 1 unspecified atom stereocenters. The molecule has 1 atom stereocenters. The normalized spacial score (nSPS) is 13.8. The number of rotatable bonds is 4. The van der Waals surface area contributed by atoms with E-state index >= 15 is 0 Å². The maximum atomic E-state index is 13.3. The average Bonchev–Trinajstić information content (AvgIpc) is 2.21. The van der Waals surface area contributed by atoms with Crippen LogP contribution in [0.5, 0.6) is 0 Å². The lowest BCUT2D eigenvalue weighted by atomic mass is 9.88. The van der Waals surface area contributed by atoms with Gasteiger partial charge in [0, 0.05) is 5.38 Å². The second-order valence-electron chi connectivity index (χ2n) is 5.46. The topological polar surface area (TPSA) is 0 Å². The van der Waals surface area contributed by atoms with Crippen LogP contribution in [0, 0.1) is 17.0 Å². The van der Waals surface area contributed by atoms with Crippen LogP contribution < -0.4 is 0 Å². The third kappa shape index (κ3) is 4.63. The van der Waals surface area contributed by atoms with Crippen LogP contribution in [0.2, 0.25) is 0 Å². The van der Waals surface area contributed by atoms with E-state index in [2.05, 4.69) is 20.8 Å². The SMILES string of the molecule is CC(C)(C)C(Cl)CCCc1cc(F)ccc1F. The molecule has 0 N–H and O–H groups in total. The molecule has 0 saturated carbocycles. The summed E-state index contributed by atoms with van der Waals surface area (Å²) in [6.07, 6.45) is 2.11. The van der Waals surface area contributed by atoms with Crippen LogP contribution in [0.15, 0.2) is 18.2 Å². The van der Waals surface area contributed by atoms with Crippen LogP contribution in [0.3, 0.4) is 0 Å². The Labute approximate surface area is 107 Å². The number of alkyl halides is 1. The molecule has 0 amide bonds. The predicted molar refractivity (Wildman–Crippen MR) is 68.4 cm³/mol. The van der Waals surface area contributed by atoms with E-state index in [1.165, 1.54) is 12.1 Å². The Morgan fingerprint density at radius 1 is 1.24 bits per heavy atom. The summed E-state index contributed by atoms with van der Waals surface area (Å²) in [5.74, 6) is -0.729. The minimum atomic E-state index is -0.389. The summed E-state index contributed by atoms with van der Waals surface area (Å²) in [6, 6.07) is 3.57. The molecule has 96 valence electrons. The fraction of sp³-hybridized carbons (Fsp3) is 0.571. The molecule has 0 aromatic heterocycles. The van der Waals surface area contributed by atoms with Crippen molar-refractivity contribution in [2.24, 2.45) is 5.41 Å². The number of aryl methyl sites for hydroxylation is 1. The van der Waals surface area contributed by atoms with Crippen molar-refractivity contribution in [3.05, 3.63) is 35.4 Å². The molecular formula is C14H19ClF2. The van der Waals surface area contributed by atoms with Crippen LogP contribution in [0.25, 0.3) is 0 Å². The molecule has 3 heteroatoms. The zero-order valence-corrected chi connectivity index (χ0v) is 11.3. The standard InChI is InChI=1S/C14H19ClF2/c1-14(2,3)13(15)6-4-5-10-9-11(16)7-8-12(10)17/h7-9,13H,4-6H2,1-3H3. The van der Waals surface area contributed by atoms with Crippen LogP contribution in [-0.4, -0.2) is 5.38 Å². The first-order chi connectivity index (χ1) is 7.80. The van der Waals surface area contributed by atoms with Gasteiger partial charge in [0.25, 0.3) is 0 Å². The molecule has 0 aliphatic heterocycles. The maximum Gasteiger partial charge on any atom is 0.126 e. The van der Waals surface area contributed by atoms with Crippen LogP contribution in [0.1, 0.15) is 39.2 Å². The molecule has 1 aromatic carbocycles. The smallest absolute Gasteiger partial charge is 0.126 e. The lowest BCUT2D eigenvalue weighted by Gasteiger charge is -2.25. The van der Waals surface area contributed by atoms with E-state index in [0.29, 0.717) is 12.0 Å². The third-order valence-corrected chi connectivity index (χ3v) is 3.72. The van der Waals surface area contributed by atoms with Gasteiger partial charge >= 0.3 is 0 Å². The molecule has 0 aliphatic carbocycles. The van der Waals surface area contributed by atoms with Crippen molar-refractivity contribution in [3.8, 4) is 0 Å². The first-order valence-corrected chi connectivity index (χ1v) is 6.32. The van der Waals surface area contributed by atoms with E-state index in [9.17, 15) is 8.78 Å². The second-order valence-corrected chi connectivity index (χ2v) is 5.99. The Morgan fingerprint density at radius 2 is 1.88 bits per heavy atom. The summed E-state index contributed by atoms with van der Waals surface area (Å²) >= 11 is 6.23. The van der Waals surface area contributed by atoms with Gasteiger partial charge in [-0.25, -0.2) is 8.78 Å². The Bertz CT molecular complexity index is 369. The van der Waals surface area contributed by atoms with E-state index in [0.717, 1.165) is 18.9 Å². The molecular weight excluding hydrogens is 242 g/mol. The molecule has 17 heavy (non-hydrogen) atoms. The van der Waals surface area contributed by atoms with Crippen LogP contribution in [0.4, 0.5) is 8.78 Å². The molecule has 0 fully saturated rings. The summed E-state index contributed by atoms with van der Waals surface area (Å²) in [5.41, 5.74) is 0.477.